The van der Waals surface area contributed by atoms with Gasteiger partial charge >= 0.3 is 0 Å². The lowest BCUT2D eigenvalue weighted by Gasteiger charge is -2.08. The Morgan fingerprint density at radius 1 is 1.03 bits per heavy atom. The van der Waals surface area contributed by atoms with Gasteiger partial charge in [0.15, 0.2) is 6.61 Å². The number of nitrogens with one attached hydrogen (secondary N) is 1. The van der Waals surface area contributed by atoms with Gasteiger partial charge in [-0.2, -0.15) is 5.26 Å². The lowest BCUT2D eigenvalue weighted by Crippen LogP contribution is -2.20. The summed E-state index contributed by atoms with van der Waals surface area (Å²) in [5, 5.41) is 12.6. The Morgan fingerprint density at radius 3 is 2.31 bits per heavy atom. The minimum Gasteiger partial charge on any atom is -0.484 e. The number of benzene rings is 3. The van der Waals surface area contributed by atoms with Gasteiger partial charge in [-0.25, -0.2) is 4.39 Å². The predicted molar refractivity (Wildman–Crippen MR) is 112 cm³/mol. The van der Waals surface area contributed by atoms with E-state index in [9.17, 15) is 14.4 Å². The number of halogens is 2. The van der Waals surface area contributed by atoms with Crippen molar-refractivity contribution in [2.75, 3.05) is 11.9 Å². The molecular formula is C23H16ClFN2O2. The van der Waals surface area contributed by atoms with Gasteiger partial charge in [0.1, 0.15) is 11.6 Å². The van der Waals surface area contributed by atoms with E-state index in [1.165, 1.54) is 24.3 Å². The highest BCUT2D eigenvalue weighted by Gasteiger charge is 2.05. The third-order valence-electron chi connectivity index (χ3n) is 3.96. The molecule has 29 heavy (non-hydrogen) atoms. The monoisotopic (exact) mass is 406 g/mol. The SMILES string of the molecule is N#C/C(=C\c1ccc(OCC(=O)Nc2ccc(F)cc2)cc1)c1ccc(Cl)cc1. The summed E-state index contributed by atoms with van der Waals surface area (Å²) in [5.41, 5.74) is 2.59. The number of carbonyl (C=O) groups excluding carboxylic acids is 1. The first-order valence-corrected chi connectivity index (χ1v) is 9.07. The summed E-state index contributed by atoms with van der Waals surface area (Å²) in [6, 6.07) is 21.7. The average molecular weight is 407 g/mol. The Bertz CT molecular complexity index is 1050. The minimum absolute atomic E-state index is 0.180. The summed E-state index contributed by atoms with van der Waals surface area (Å²) in [7, 11) is 0. The zero-order chi connectivity index (χ0) is 20.6. The largest absolute Gasteiger partial charge is 0.484 e. The van der Waals surface area contributed by atoms with Crippen molar-refractivity contribution in [1.29, 1.82) is 5.26 Å². The molecule has 0 heterocycles. The third-order valence-corrected chi connectivity index (χ3v) is 4.22. The maximum absolute atomic E-state index is 12.9. The van der Waals surface area contributed by atoms with Gasteiger partial charge in [0.25, 0.3) is 5.91 Å². The van der Waals surface area contributed by atoms with Crippen molar-refractivity contribution >= 4 is 34.8 Å². The Kier molecular flexibility index (Phi) is 6.62. The highest BCUT2D eigenvalue weighted by Crippen LogP contribution is 2.21. The molecular weight excluding hydrogens is 391 g/mol. The van der Waals surface area contributed by atoms with Crippen LogP contribution in [0.25, 0.3) is 11.6 Å². The molecule has 0 radical (unpaired) electrons. The molecule has 0 fully saturated rings. The van der Waals surface area contributed by atoms with E-state index in [2.05, 4.69) is 11.4 Å². The molecule has 0 saturated carbocycles. The van der Waals surface area contributed by atoms with Gasteiger partial charge in [-0.05, 0) is 65.7 Å². The minimum atomic E-state index is -0.371. The molecule has 3 aromatic rings. The normalized spacial score (nSPS) is 10.9. The van der Waals surface area contributed by atoms with E-state index in [-0.39, 0.29) is 18.3 Å². The fourth-order valence-corrected chi connectivity index (χ4v) is 2.64. The lowest BCUT2D eigenvalue weighted by molar-refractivity contribution is -0.118. The van der Waals surface area contributed by atoms with Crippen LogP contribution < -0.4 is 10.1 Å². The summed E-state index contributed by atoms with van der Waals surface area (Å²) in [6.07, 6.45) is 1.76. The third kappa shape index (κ3) is 5.93. The van der Waals surface area contributed by atoms with Gasteiger partial charge in [-0.1, -0.05) is 35.9 Å². The van der Waals surface area contributed by atoms with E-state index in [1.807, 2.05) is 0 Å². The zero-order valence-electron chi connectivity index (χ0n) is 15.2. The van der Waals surface area contributed by atoms with Crippen LogP contribution in [-0.4, -0.2) is 12.5 Å². The van der Waals surface area contributed by atoms with Crippen LogP contribution in [-0.2, 0) is 4.79 Å². The highest BCUT2D eigenvalue weighted by atomic mass is 35.5. The Hall–Kier alpha value is -3.62. The first-order chi connectivity index (χ1) is 14.0. The number of hydrogen-bond donors (Lipinski definition) is 1. The van der Waals surface area contributed by atoms with E-state index in [0.717, 1.165) is 11.1 Å². The topological polar surface area (TPSA) is 62.1 Å². The van der Waals surface area contributed by atoms with Crippen LogP contribution in [0.4, 0.5) is 10.1 Å². The van der Waals surface area contributed by atoms with E-state index >= 15 is 0 Å². The molecule has 0 spiro atoms. The van der Waals surface area contributed by atoms with Crippen molar-refractivity contribution in [3.05, 3.63) is 94.8 Å². The van der Waals surface area contributed by atoms with Crippen LogP contribution >= 0.6 is 11.6 Å². The summed E-state index contributed by atoms with van der Waals surface area (Å²) < 4.78 is 18.3. The molecule has 4 nitrogen and oxygen atoms in total. The maximum Gasteiger partial charge on any atom is 0.262 e. The van der Waals surface area contributed by atoms with Crippen LogP contribution in [0.3, 0.4) is 0 Å². The van der Waals surface area contributed by atoms with Crippen molar-refractivity contribution < 1.29 is 13.9 Å². The van der Waals surface area contributed by atoms with E-state index in [1.54, 1.807) is 54.6 Å². The molecule has 0 aromatic heterocycles. The van der Waals surface area contributed by atoms with Crippen LogP contribution in [0.2, 0.25) is 5.02 Å². The first-order valence-electron chi connectivity index (χ1n) is 8.69. The summed E-state index contributed by atoms with van der Waals surface area (Å²) >= 11 is 5.88. The van der Waals surface area contributed by atoms with Gasteiger partial charge in [0, 0.05) is 10.7 Å². The Morgan fingerprint density at radius 2 is 1.69 bits per heavy atom. The summed E-state index contributed by atoms with van der Waals surface area (Å²) in [4.78, 5) is 11.9. The molecule has 1 N–H and O–H groups in total. The van der Waals surface area contributed by atoms with Gasteiger partial charge in [-0.15, -0.1) is 0 Å². The smallest absolute Gasteiger partial charge is 0.262 e. The lowest BCUT2D eigenvalue weighted by atomic mass is 10.0. The van der Waals surface area contributed by atoms with Crippen LogP contribution in [0.15, 0.2) is 72.8 Å². The van der Waals surface area contributed by atoms with Crippen molar-refractivity contribution in [3.63, 3.8) is 0 Å². The number of nitrogens with zero attached hydrogens (tertiary/aromatic N) is 1. The van der Waals surface area contributed by atoms with E-state index in [4.69, 9.17) is 16.3 Å². The highest BCUT2D eigenvalue weighted by molar-refractivity contribution is 6.30. The molecule has 0 aliphatic carbocycles. The second-order valence-electron chi connectivity index (χ2n) is 6.09. The van der Waals surface area contributed by atoms with Crippen molar-refractivity contribution in [3.8, 4) is 11.8 Å². The van der Waals surface area contributed by atoms with Crippen LogP contribution in [0.5, 0.6) is 5.75 Å². The number of carbonyl (C=O) groups is 1. The zero-order valence-corrected chi connectivity index (χ0v) is 16.0. The number of nitriles is 1. The maximum atomic E-state index is 12.9. The molecule has 0 aliphatic heterocycles. The Balaban J connectivity index is 1.59. The molecule has 3 rings (SSSR count). The number of allylic oxidation sites excluding steroid dienone is 1. The van der Waals surface area contributed by atoms with Gasteiger partial charge in [0.2, 0.25) is 0 Å². The van der Waals surface area contributed by atoms with E-state index < -0.39 is 0 Å². The number of anilines is 1. The first kappa shape index (κ1) is 20.1. The van der Waals surface area contributed by atoms with Crippen molar-refractivity contribution in [2.24, 2.45) is 0 Å². The summed E-state index contributed by atoms with van der Waals surface area (Å²) in [6.45, 7) is -0.180. The van der Waals surface area contributed by atoms with E-state index in [0.29, 0.717) is 22.0 Å². The molecule has 0 unspecified atom stereocenters. The second kappa shape index (κ2) is 9.54. The average Bonchev–Trinajstić information content (AvgIpc) is 2.74. The number of rotatable bonds is 6. The molecule has 144 valence electrons. The fourth-order valence-electron chi connectivity index (χ4n) is 2.52. The van der Waals surface area contributed by atoms with Crippen LogP contribution in [0.1, 0.15) is 11.1 Å². The molecule has 1 amide bonds. The number of hydrogen-bond acceptors (Lipinski definition) is 3. The number of amides is 1. The number of ether oxygens (including phenoxy) is 1. The standard InChI is InChI=1S/C23H16ClFN2O2/c24-19-5-3-17(4-6-19)18(14-26)13-16-1-11-22(12-2-16)29-15-23(28)27-21-9-7-20(25)8-10-21/h1-13H,15H2,(H,27,28)/b18-13+. The van der Waals surface area contributed by atoms with Gasteiger partial charge in [-0.3, -0.25) is 4.79 Å². The van der Waals surface area contributed by atoms with Crippen molar-refractivity contribution in [1.82, 2.24) is 0 Å². The predicted octanol–water partition coefficient (Wildman–Crippen LogP) is 5.56. The molecule has 0 saturated heterocycles. The van der Waals surface area contributed by atoms with Gasteiger partial charge < -0.3 is 10.1 Å². The fraction of sp³-hybridized carbons (Fsp3) is 0.0435. The molecule has 0 aliphatic rings. The molecule has 0 atom stereocenters. The van der Waals surface area contributed by atoms with Crippen LogP contribution in [0, 0.1) is 17.1 Å². The summed E-state index contributed by atoms with van der Waals surface area (Å²) in [5.74, 6) is -0.208. The Labute approximate surface area is 172 Å². The quantitative estimate of drug-likeness (QED) is 0.430. The second-order valence-corrected chi connectivity index (χ2v) is 6.53. The molecule has 6 heteroatoms. The molecule has 3 aromatic carbocycles. The molecule has 0 bridgehead atoms. The van der Waals surface area contributed by atoms with Gasteiger partial charge in [0.05, 0.1) is 11.6 Å². The van der Waals surface area contributed by atoms with Crippen molar-refractivity contribution in [2.45, 2.75) is 0 Å².